The maximum Gasteiger partial charge on any atom is 0.0712 e. The molecule has 0 amide bonds. The van der Waals surface area contributed by atoms with Crippen molar-refractivity contribution in [3.05, 3.63) is 0 Å². The van der Waals surface area contributed by atoms with E-state index in [-0.39, 0.29) is 12.0 Å². The zero-order valence-corrected chi connectivity index (χ0v) is 10.0. The maximum absolute atomic E-state index is 10.6. The third-order valence-electron chi connectivity index (χ3n) is 3.73. The van der Waals surface area contributed by atoms with Crippen molar-refractivity contribution in [1.82, 2.24) is 0 Å². The molecule has 0 aromatic rings. The maximum atomic E-state index is 10.6. The fourth-order valence-corrected chi connectivity index (χ4v) is 2.76. The van der Waals surface area contributed by atoms with Crippen molar-refractivity contribution in [1.29, 1.82) is 0 Å². The molecule has 0 bridgehead atoms. The monoisotopic (exact) mass is 215 g/mol. The lowest BCUT2D eigenvalue weighted by Crippen LogP contribution is -2.47. The first-order chi connectivity index (χ1) is 7.16. The fourth-order valence-electron chi connectivity index (χ4n) is 2.76. The molecule has 0 aromatic heterocycles. The smallest absolute Gasteiger partial charge is 0.0712 e. The molecule has 1 aliphatic rings. The predicted octanol–water partition coefficient (Wildman–Crippen LogP) is 1.68. The van der Waals surface area contributed by atoms with Gasteiger partial charge in [-0.3, -0.25) is 0 Å². The lowest BCUT2D eigenvalue weighted by Gasteiger charge is -2.41. The van der Waals surface area contributed by atoms with Crippen molar-refractivity contribution < 1.29 is 9.84 Å². The highest BCUT2D eigenvalue weighted by Crippen LogP contribution is 2.37. The molecule has 3 heteroatoms. The van der Waals surface area contributed by atoms with E-state index in [2.05, 4.69) is 6.92 Å². The molecule has 0 spiro atoms. The second kappa shape index (κ2) is 5.83. The molecule has 1 rings (SSSR count). The predicted molar refractivity (Wildman–Crippen MR) is 61.7 cm³/mol. The molecule has 1 saturated carbocycles. The number of ether oxygens (including phenoxy) is 1. The highest BCUT2D eigenvalue weighted by atomic mass is 16.5. The summed E-state index contributed by atoms with van der Waals surface area (Å²) in [4.78, 5) is 0. The van der Waals surface area contributed by atoms with Gasteiger partial charge in [-0.25, -0.2) is 0 Å². The van der Waals surface area contributed by atoms with E-state index in [1.807, 2.05) is 0 Å². The topological polar surface area (TPSA) is 55.5 Å². The van der Waals surface area contributed by atoms with Crippen LogP contribution in [0.25, 0.3) is 0 Å². The minimum absolute atomic E-state index is 0.217. The first kappa shape index (κ1) is 12.9. The lowest BCUT2D eigenvalue weighted by atomic mass is 9.73. The van der Waals surface area contributed by atoms with Crippen LogP contribution in [0.15, 0.2) is 0 Å². The van der Waals surface area contributed by atoms with Gasteiger partial charge in [0.05, 0.1) is 11.7 Å². The Morgan fingerprint density at radius 1 is 1.60 bits per heavy atom. The van der Waals surface area contributed by atoms with Gasteiger partial charge in [0.1, 0.15) is 0 Å². The van der Waals surface area contributed by atoms with Gasteiger partial charge >= 0.3 is 0 Å². The Morgan fingerprint density at radius 2 is 2.33 bits per heavy atom. The summed E-state index contributed by atoms with van der Waals surface area (Å²) in [6.07, 6.45) is 6.08. The summed E-state index contributed by atoms with van der Waals surface area (Å²) in [6.45, 7) is 2.73. The first-order valence-electron chi connectivity index (χ1n) is 6.11. The van der Waals surface area contributed by atoms with Crippen LogP contribution in [0.3, 0.4) is 0 Å². The Hall–Kier alpha value is -0.120. The molecule has 0 aliphatic heterocycles. The average molecular weight is 215 g/mol. The van der Waals surface area contributed by atoms with Crippen molar-refractivity contribution in [3.8, 4) is 0 Å². The second-order valence-corrected chi connectivity index (χ2v) is 4.78. The third-order valence-corrected chi connectivity index (χ3v) is 3.73. The number of methoxy groups -OCH3 is 1. The van der Waals surface area contributed by atoms with Crippen LogP contribution >= 0.6 is 0 Å². The summed E-state index contributed by atoms with van der Waals surface area (Å²) < 4.78 is 5.36. The van der Waals surface area contributed by atoms with Gasteiger partial charge in [-0.15, -0.1) is 0 Å². The fraction of sp³-hybridized carbons (Fsp3) is 1.00. The normalized spacial score (nSPS) is 34.0. The summed E-state index contributed by atoms with van der Waals surface area (Å²) in [7, 11) is 1.73. The van der Waals surface area contributed by atoms with Crippen molar-refractivity contribution in [2.75, 3.05) is 13.7 Å². The molecule has 90 valence electrons. The SMILES string of the molecule is CCCC(CN)C1(O)CCCC(OC)C1. The molecule has 1 fully saturated rings. The zero-order chi connectivity index (χ0) is 11.3. The van der Waals surface area contributed by atoms with E-state index < -0.39 is 5.60 Å². The summed E-state index contributed by atoms with van der Waals surface area (Å²) in [5.41, 5.74) is 5.18. The number of nitrogens with two attached hydrogens (primary N) is 1. The molecule has 3 unspecified atom stereocenters. The Balaban J connectivity index is 2.61. The van der Waals surface area contributed by atoms with E-state index >= 15 is 0 Å². The zero-order valence-electron chi connectivity index (χ0n) is 10.0. The molecular formula is C12H25NO2. The van der Waals surface area contributed by atoms with Gasteiger partial charge in [0.2, 0.25) is 0 Å². The van der Waals surface area contributed by atoms with Crippen LogP contribution < -0.4 is 5.73 Å². The van der Waals surface area contributed by atoms with Crippen molar-refractivity contribution in [2.45, 2.75) is 57.2 Å². The quantitative estimate of drug-likeness (QED) is 0.733. The van der Waals surface area contributed by atoms with Gasteiger partial charge in [0.15, 0.2) is 0 Å². The van der Waals surface area contributed by atoms with E-state index in [0.717, 1.165) is 38.5 Å². The molecule has 0 radical (unpaired) electrons. The van der Waals surface area contributed by atoms with Crippen LogP contribution in [-0.2, 0) is 4.74 Å². The molecule has 3 nitrogen and oxygen atoms in total. The van der Waals surface area contributed by atoms with E-state index in [1.54, 1.807) is 7.11 Å². The van der Waals surface area contributed by atoms with E-state index in [0.29, 0.717) is 6.54 Å². The third kappa shape index (κ3) is 3.16. The number of aliphatic hydroxyl groups is 1. The van der Waals surface area contributed by atoms with Gasteiger partial charge in [-0.05, 0) is 38.1 Å². The molecule has 15 heavy (non-hydrogen) atoms. The van der Waals surface area contributed by atoms with Crippen LogP contribution in [0.1, 0.15) is 45.4 Å². The van der Waals surface area contributed by atoms with Crippen LogP contribution in [0.2, 0.25) is 0 Å². The molecule has 0 aromatic carbocycles. The van der Waals surface area contributed by atoms with Crippen molar-refractivity contribution in [2.24, 2.45) is 11.7 Å². The Bertz CT molecular complexity index is 186. The molecule has 3 atom stereocenters. The largest absolute Gasteiger partial charge is 0.389 e. The number of rotatable bonds is 5. The summed E-state index contributed by atoms with van der Waals surface area (Å²) in [5, 5.41) is 10.6. The molecule has 3 N–H and O–H groups in total. The van der Waals surface area contributed by atoms with Crippen LogP contribution in [0.5, 0.6) is 0 Å². The van der Waals surface area contributed by atoms with Gasteiger partial charge in [-0.2, -0.15) is 0 Å². The minimum atomic E-state index is -0.580. The van der Waals surface area contributed by atoms with E-state index in [4.69, 9.17) is 10.5 Å². The van der Waals surface area contributed by atoms with E-state index in [9.17, 15) is 5.11 Å². The summed E-state index contributed by atoms with van der Waals surface area (Å²) in [5.74, 6) is 0.237. The molecule has 1 aliphatic carbocycles. The van der Waals surface area contributed by atoms with Gasteiger partial charge in [0.25, 0.3) is 0 Å². The highest BCUT2D eigenvalue weighted by molar-refractivity contribution is 4.92. The van der Waals surface area contributed by atoms with Gasteiger partial charge < -0.3 is 15.6 Å². The minimum Gasteiger partial charge on any atom is -0.389 e. The molecular weight excluding hydrogens is 190 g/mol. The highest BCUT2D eigenvalue weighted by Gasteiger charge is 2.39. The summed E-state index contributed by atoms with van der Waals surface area (Å²) in [6, 6.07) is 0. The second-order valence-electron chi connectivity index (χ2n) is 4.78. The van der Waals surface area contributed by atoms with Gasteiger partial charge in [0, 0.05) is 13.5 Å². The molecule has 0 saturated heterocycles. The van der Waals surface area contributed by atoms with Crippen molar-refractivity contribution >= 4 is 0 Å². The summed E-state index contributed by atoms with van der Waals surface area (Å²) >= 11 is 0. The average Bonchev–Trinajstić information content (AvgIpc) is 2.25. The van der Waals surface area contributed by atoms with Crippen LogP contribution in [0.4, 0.5) is 0 Å². The van der Waals surface area contributed by atoms with Gasteiger partial charge in [-0.1, -0.05) is 13.3 Å². The Morgan fingerprint density at radius 3 is 2.87 bits per heavy atom. The number of hydrogen-bond donors (Lipinski definition) is 2. The number of hydrogen-bond acceptors (Lipinski definition) is 3. The first-order valence-corrected chi connectivity index (χ1v) is 6.11. The molecule has 0 heterocycles. The lowest BCUT2D eigenvalue weighted by molar-refractivity contribution is -0.0939. The van der Waals surface area contributed by atoms with Crippen LogP contribution in [-0.4, -0.2) is 30.5 Å². The van der Waals surface area contributed by atoms with Crippen molar-refractivity contribution in [3.63, 3.8) is 0 Å². The van der Waals surface area contributed by atoms with Crippen LogP contribution in [0, 0.1) is 5.92 Å². The standard InChI is InChI=1S/C12H25NO2/c1-3-5-10(9-13)12(14)7-4-6-11(8-12)15-2/h10-11,14H,3-9,13H2,1-2H3. The van der Waals surface area contributed by atoms with E-state index in [1.165, 1.54) is 0 Å². The Labute approximate surface area is 93.0 Å². The Kier molecular flexibility index (Phi) is 5.03.